The molecule has 0 radical (unpaired) electrons. The number of rotatable bonds is 7. The lowest BCUT2D eigenvalue weighted by Crippen LogP contribution is -2.28. The van der Waals surface area contributed by atoms with Crippen LogP contribution in [0, 0.1) is 0 Å². The van der Waals surface area contributed by atoms with Crippen LogP contribution in [0.15, 0.2) is 201 Å². The Labute approximate surface area is 319 Å². The summed E-state index contributed by atoms with van der Waals surface area (Å²) in [7, 11) is 0. The summed E-state index contributed by atoms with van der Waals surface area (Å²) in [6, 6.07) is 61.8. The summed E-state index contributed by atoms with van der Waals surface area (Å²) in [5.74, 6) is 1.80. The van der Waals surface area contributed by atoms with Crippen molar-refractivity contribution in [3.05, 3.63) is 223 Å². The summed E-state index contributed by atoms with van der Waals surface area (Å²) in [5, 5.41) is 0. The molecule has 0 amide bonds. The molecule has 0 N–H and O–H groups in total. The molecule has 0 saturated heterocycles. The van der Waals surface area contributed by atoms with E-state index in [0.29, 0.717) is 17.5 Å². The largest absolute Gasteiger partial charge is 0.264 e. The van der Waals surface area contributed by atoms with E-state index in [9.17, 15) is 0 Å². The van der Waals surface area contributed by atoms with E-state index in [-0.39, 0.29) is 0 Å². The lowest BCUT2D eigenvalue weighted by Gasteiger charge is -2.34. The van der Waals surface area contributed by atoms with E-state index in [1.807, 2.05) is 54.9 Å². The summed E-state index contributed by atoms with van der Waals surface area (Å²) >= 11 is 0. The van der Waals surface area contributed by atoms with Crippen LogP contribution in [0.4, 0.5) is 0 Å². The topological polar surface area (TPSA) is 64.5 Å². The predicted octanol–water partition coefficient (Wildman–Crippen LogP) is 11.4. The molecule has 5 nitrogen and oxygen atoms in total. The molecule has 55 heavy (non-hydrogen) atoms. The van der Waals surface area contributed by atoms with E-state index < -0.39 is 5.41 Å². The molecule has 10 rings (SSSR count). The molecule has 0 saturated carbocycles. The third-order valence-electron chi connectivity index (χ3n) is 10.6. The van der Waals surface area contributed by atoms with E-state index in [1.165, 1.54) is 33.4 Å². The number of fused-ring (bicyclic) bond motifs is 3. The second-order valence-corrected chi connectivity index (χ2v) is 13.7. The summed E-state index contributed by atoms with van der Waals surface area (Å²) in [4.78, 5) is 24.5. The first-order valence-electron chi connectivity index (χ1n) is 18.4. The Morgan fingerprint density at radius 2 is 0.782 bits per heavy atom. The Kier molecular flexibility index (Phi) is 7.96. The molecule has 1 aliphatic rings. The van der Waals surface area contributed by atoms with Crippen LogP contribution in [0.2, 0.25) is 0 Å². The zero-order valence-electron chi connectivity index (χ0n) is 29.8. The van der Waals surface area contributed by atoms with E-state index in [0.717, 1.165) is 38.9 Å². The maximum absolute atomic E-state index is 5.28. The first kappa shape index (κ1) is 32.3. The molecule has 0 aliphatic heterocycles. The highest BCUT2D eigenvalue weighted by Gasteiger charge is 2.46. The molecule has 6 aromatic carbocycles. The molecule has 258 valence electrons. The quantitative estimate of drug-likeness (QED) is 0.165. The van der Waals surface area contributed by atoms with Gasteiger partial charge < -0.3 is 0 Å². The van der Waals surface area contributed by atoms with Crippen LogP contribution >= 0.6 is 0 Å². The van der Waals surface area contributed by atoms with Gasteiger partial charge in [-0.1, -0.05) is 140 Å². The van der Waals surface area contributed by atoms with E-state index in [1.54, 1.807) is 12.4 Å². The van der Waals surface area contributed by atoms with Crippen LogP contribution in [0.5, 0.6) is 0 Å². The number of benzene rings is 6. The van der Waals surface area contributed by atoms with Crippen LogP contribution in [-0.2, 0) is 5.41 Å². The maximum Gasteiger partial charge on any atom is 0.164 e. The summed E-state index contributed by atoms with van der Waals surface area (Å²) in [6.07, 6.45) is 7.35. The smallest absolute Gasteiger partial charge is 0.164 e. The van der Waals surface area contributed by atoms with Gasteiger partial charge in [-0.15, -0.1) is 0 Å². The van der Waals surface area contributed by atoms with Crippen molar-refractivity contribution in [2.24, 2.45) is 0 Å². The second kappa shape index (κ2) is 13.6. The average molecular weight is 704 g/mol. The van der Waals surface area contributed by atoms with E-state index >= 15 is 0 Å². The van der Waals surface area contributed by atoms with Gasteiger partial charge in [0.25, 0.3) is 0 Å². The van der Waals surface area contributed by atoms with Crippen molar-refractivity contribution in [3.8, 4) is 67.5 Å². The number of nitrogens with zero attached hydrogens (tertiary/aromatic N) is 5. The Balaban J connectivity index is 1.22. The highest BCUT2D eigenvalue weighted by atomic mass is 15.0. The molecule has 5 heteroatoms. The third-order valence-corrected chi connectivity index (χ3v) is 10.6. The monoisotopic (exact) mass is 703 g/mol. The van der Waals surface area contributed by atoms with Gasteiger partial charge in [-0.2, -0.15) is 0 Å². The van der Waals surface area contributed by atoms with Gasteiger partial charge in [-0.25, -0.2) is 15.0 Å². The number of aromatic nitrogens is 5. The first-order valence-corrected chi connectivity index (χ1v) is 18.4. The zero-order valence-corrected chi connectivity index (χ0v) is 29.8. The molecule has 3 aromatic heterocycles. The summed E-state index contributed by atoms with van der Waals surface area (Å²) in [5.41, 5.74) is 13.5. The maximum atomic E-state index is 5.28. The van der Waals surface area contributed by atoms with Crippen molar-refractivity contribution in [2.45, 2.75) is 5.41 Å². The van der Waals surface area contributed by atoms with Gasteiger partial charge in [0.05, 0.1) is 5.41 Å². The molecule has 0 fully saturated rings. The Morgan fingerprint density at radius 1 is 0.309 bits per heavy atom. The summed E-state index contributed by atoms with van der Waals surface area (Å²) in [6.45, 7) is 0. The lowest BCUT2D eigenvalue weighted by atomic mass is 9.67. The Morgan fingerprint density at radius 3 is 1.36 bits per heavy atom. The van der Waals surface area contributed by atoms with Crippen molar-refractivity contribution in [1.29, 1.82) is 0 Å². The first-order chi connectivity index (χ1) is 27.3. The average Bonchev–Trinajstić information content (AvgIpc) is 3.58. The fourth-order valence-electron chi connectivity index (χ4n) is 8.09. The predicted molar refractivity (Wildman–Crippen MR) is 220 cm³/mol. The van der Waals surface area contributed by atoms with Crippen LogP contribution in [0.3, 0.4) is 0 Å². The van der Waals surface area contributed by atoms with Crippen molar-refractivity contribution < 1.29 is 0 Å². The minimum atomic E-state index is -0.542. The van der Waals surface area contributed by atoms with Gasteiger partial charge in [-0.05, 0) is 80.9 Å². The molecule has 0 atom stereocenters. The molecular weight excluding hydrogens is 671 g/mol. The fourth-order valence-corrected chi connectivity index (χ4v) is 8.09. The van der Waals surface area contributed by atoms with Crippen molar-refractivity contribution in [3.63, 3.8) is 0 Å². The SMILES string of the molecule is c1ccc(-c2nc(-c3cc(-c4cccnc4)cc(-c4cccnc4)c3)nc(-c3ccc4c(c3)C(c3ccccc3)(c3ccccc3)c3ccccc3-4)n2)cc1. The molecule has 3 heterocycles. The van der Waals surface area contributed by atoms with Crippen LogP contribution < -0.4 is 0 Å². The molecule has 1 aliphatic carbocycles. The second-order valence-electron chi connectivity index (χ2n) is 13.7. The molecular formula is C50H33N5. The highest BCUT2D eigenvalue weighted by molar-refractivity contribution is 5.88. The normalized spacial score (nSPS) is 12.5. The Hall–Kier alpha value is -7.37. The minimum absolute atomic E-state index is 0.542. The molecule has 0 spiro atoms. The van der Waals surface area contributed by atoms with Gasteiger partial charge in [0.15, 0.2) is 17.5 Å². The highest BCUT2D eigenvalue weighted by Crippen LogP contribution is 2.56. The third kappa shape index (κ3) is 5.61. The van der Waals surface area contributed by atoms with Gasteiger partial charge in [0, 0.05) is 52.6 Å². The van der Waals surface area contributed by atoms with Gasteiger partial charge in [0.2, 0.25) is 0 Å². The Bertz CT molecular complexity index is 2690. The van der Waals surface area contributed by atoms with Gasteiger partial charge >= 0.3 is 0 Å². The molecule has 9 aromatic rings. The number of hydrogen-bond donors (Lipinski definition) is 0. The van der Waals surface area contributed by atoms with Crippen molar-refractivity contribution in [1.82, 2.24) is 24.9 Å². The standard InChI is InChI=1S/C50H33N5/c1-4-14-34(15-5-1)47-53-48(55-49(54-47)40-29-38(36-16-12-26-51-32-36)28-39(30-40)37-17-13-27-52-33-37)35-24-25-44-43-22-10-11-23-45(43)50(46(44)31-35,41-18-6-2-7-19-41)42-20-8-3-9-21-42/h1-33H. The van der Waals surface area contributed by atoms with Crippen molar-refractivity contribution >= 4 is 0 Å². The molecule has 0 bridgehead atoms. The van der Waals surface area contributed by atoms with Crippen LogP contribution in [-0.4, -0.2) is 24.9 Å². The minimum Gasteiger partial charge on any atom is -0.264 e. The fraction of sp³-hybridized carbons (Fsp3) is 0.0200. The zero-order chi connectivity index (χ0) is 36.6. The lowest BCUT2D eigenvalue weighted by molar-refractivity contribution is 0.768. The van der Waals surface area contributed by atoms with Crippen molar-refractivity contribution in [2.75, 3.05) is 0 Å². The van der Waals surface area contributed by atoms with Crippen LogP contribution in [0.25, 0.3) is 67.5 Å². The van der Waals surface area contributed by atoms with Gasteiger partial charge in [-0.3, -0.25) is 9.97 Å². The van der Waals surface area contributed by atoms with E-state index in [4.69, 9.17) is 15.0 Å². The van der Waals surface area contributed by atoms with Crippen LogP contribution in [0.1, 0.15) is 22.3 Å². The van der Waals surface area contributed by atoms with E-state index in [2.05, 4.69) is 143 Å². The number of pyridine rings is 2. The summed E-state index contributed by atoms with van der Waals surface area (Å²) < 4.78 is 0. The number of hydrogen-bond acceptors (Lipinski definition) is 5. The van der Waals surface area contributed by atoms with Gasteiger partial charge in [0.1, 0.15) is 0 Å². The molecule has 0 unspecified atom stereocenters.